The Morgan fingerprint density at radius 2 is 2.12 bits per heavy atom. The Morgan fingerprint density at radius 1 is 1.35 bits per heavy atom. The Labute approximate surface area is 101 Å². The van der Waals surface area contributed by atoms with Crippen molar-refractivity contribution in [2.75, 3.05) is 6.01 Å². The van der Waals surface area contributed by atoms with E-state index in [2.05, 4.69) is 14.2 Å². The summed E-state index contributed by atoms with van der Waals surface area (Å²) in [6.07, 6.45) is 1.33. The number of hydrogen-bond donors (Lipinski definition) is 0. The number of pyridine rings is 2. The van der Waals surface area contributed by atoms with E-state index in [0.29, 0.717) is 5.39 Å². The van der Waals surface area contributed by atoms with Crippen LogP contribution in [-0.2, 0) is 10.1 Å². The highest BCUT2D eigenvalue weighted by atomic mass is 35.5. The maximum atomic E-state index is 12.1. The first-order valence-corrected chi connectivity index (χ1v) is 6.37. The number of nitrogens with zero attached hydrogens (tertiary/aromatic N) is 2. The Balaban J connectivity index is 2.58. The summed E-state index contributed by atoms with van der Waals surface area (Å²) in [5.74, 6) is -0.289. The molecule has 0 saturated carbocycles. The molecule has 0 aliphatic rings. The molecule has 2 aromatic rings. The van der Waals surface area contributed by atoms with Gasteiger partial charge in [0, 0.05) is 11.6 Å². The molecule has 8 heteroatoms. The van der Waals surface area contributed by atoms with Gasteiger partial charge in [0.05, 0.1) is 0 Å². The minimum Gasteiger partial charge on any atom is -0.357 e. The molecule has 17 heavy (non-hydrogen) atoms. The van der Waals surface area contributed by atoms with Crippen molar-refractivity contribution in [3.63, 3.8) is 0 Å². The van der Waals surface area contributed by atoms with E-state index in [1.54, 1.807) is 12.1 Å². The number of aromatic nitrogens is 2. The van der Waals surface area contributed by atoms with E-state index in [1.807, 2.05) is 0 Å². The van der Waals surface area contributed by atoms with Crippen LogP contribution in [0.5, 0.6) is 5.88 Å². The van der Waals surface area contributed by atoms with Crippen molar-refractivity contribution in [2.45, 2.75) is 0 Å². The molecular formula is C9H6ClFN2O3S. The molecule has 0 aliphatic carbocycles. The minimum absolute atomic E-state index is 0.160. The summed E-state index contributed by atoms with van der Waals surface area (Å²) in [6, 6.07) is 3.14. The average Bonchev–Trinajstić information content (AvgIpc) is 2.30. The molecule has 5 nitrogen and oxygen atoms in total. The highest BCUT2D eigenvalue weighted by molar-refractivity contribution is 7.86. The van der Waals surface area contributed by atoms with E-state index in [-0.39, 0.29) is 16.5 Å². The highest BCUT2D eigenvalue weighted by Gasteiger charge is 2.16. The first kappa shape index (κ1) is 12.0. The van der Waals surface area contributed by atoms with Gasteiger partial charge in [0.1, 0.15) is 10.7 Å². The summed E-state index contributed by atoms with van der Waals surface area (Å²) in [7, 11) is -4.29. The first-order valence-electron chi connectivity index (χ1n) is 4.41. The quantitative estimate of drug-likeness (QED) is 0.633. The summed E-state index contributed by atoms with van der Waals surface area (Å²) in [5, 5.41) is 0.751. The van der Waals surface area contributed by atoms with Crippen LogP contribution in [0.15, 0.2) is 24.4 Å². The Hall–Kier alpha value is -1.47. The molecular weight excluding hydrogens is 271 g/mol. The van der Waals surface area contributed by atoms with E-state index in [4.69, 9.17) is 11.6 Å². The van der Waals surface area contributed by atoms with Crippen LogP contribution in [0.2, 0.25) is 5.15 Å². The van der Waals surface area contributed by atoms with Crippen molar-refractivity contribution in [3.8, 4) is 5.88 Å². The Bertz CT molecular complexity index is 662. The standard InChI is InChI=1S/C9H6ClFN2O3S/c10-7-2-1-6-3-4-12-9(8(6)13-7)16-17(14,15)5-11/h1-4H,5H2. The van der Waals surface area contributed by atoms with Crippen LogP contribution in [0.25, 0.3) is 10.9 Å². The first-order chi connectivity index (χ1) is 8.02. The van der Waals surface area contributed by atoms with E-state index in [1.165, 1.54) is 12.3 Å². The fourth-order valence-corrected chi connectivity index (χ4v) is 1.76. The number of fused-ring (bicyclic) bond motifs is 1. The summed E-state index contributed by atoms with van der Waals surface area (Å²) >= 11 is 5.68. The van der Waals surface area contributed by atoms with Gasteiger partial charge in [-0.05, 0) is 18.2 Å². The van der Waals surface area contributed by atoms with Gasteiger partial charge < -0.3 is 4.18 Å². The zero-order chi connectivity index (χ0) is 12.5. The third-order valence-electron chi connectivity index (χ3n) is 1.88. The Morgan fingerprint density at radius 3 is 2.82 bits per heavy atom. The molecule has 2 aromatic heterocycles. The van der Waals surface area contributed by atoms with Crippen LogP contribution in [0.4, 0.5) is 4.39 Å². The molecule has 0 bridgehead atoms. The minimum atomic E-state index is -4.29. The number of alkyl halides is 1. The van der Waals surface area contributed by atoms with E-state index >= 15 is 0 Å². The number of rotatable bonds is 3. The molecule has 0 N–H and O–H groups in total. The lowest BCUT2D eigenvalue weighted by Gasteiger charge is -2.05. The Kier molecular flexibility index (Phi) is 3.12. The number of halogens is 2. The normalized spacial score (nSPS) is 11.6. The average molecular weight is 277 g/mol. The van der Waals surface area contributed by atoms with Gasteiger partial charge in [-0.25, -0.2) is 14.4 Å². The van der Waals surface area contributed by atoms with Crippen molar-refractivity contribution in [1.82, 2.24) is 9.97 Å². The maximum Gasteiger partial charge on any atom is 0.340 e. The van der Waals surface area contributed by atoms with Gasteiger partial charge in [-0.3, -0.25) is 0 Å². The van der Waals surface area contributed by atoms with Gasteiger partial charge in [-0.15, -0.1) is 0 Å². The number of hydrogen-bond acceptors (Lipinski definition) is 5. The molecule has 0 atom stereocenters. The molecule has 0 spiro atoms. The van der Waals surface area contributed by atoms with Gasteiger partial charge in [0.25, 0.3) is 5.88 Å². The largest absolute Gasteiger partial charge is 0.357 e. The van der Waals surface area contributed by atoms with E-state index in [9.17, 15) is 12.8 Å². The lowest BCUT2D eigenvalue weighted by atomic mass is 10.3. The zero-order valence-corrected chi connectivity index (χ0v) is 9.87. The van der Waals surface area contributed by atoms with Gasteiger partial charge in [0.2, 0.25) is 6.01 Å². The summed E-state index contributed by atoms with van der Waals surface area (Å²) in [4.78, 5) is 7.58. The van der Waals surface area contributed by atoms with Crippen molar-refractivity contribution < 1.29 is 17.0 Å². The van der Waals surface area contributed by atoms with E-state index < -0.39 is 16.1 Å². The molecule has 2 heterocycles. The van der Waals surface area contributed by atoms with Crippen LogP contribution in [0.3, 0.4) is 0 Å². The molecule has 0 amide bonds. The molecule has 0 unspecified atom stereocenters. The second-order valence-corrected chi connectivity index (χ2v) is 4.96. The third kappa shape index (κ3) is 2.62. The predicted molar refractivity (Wildman–Crippen MR) is 60.1 cm³/mol. The zero-order valence-electron chi connectivity index (χ0n) is 8.30. The summed E-state index contributed by atoms with van der Waals surface area (Å²) < 4.78 is 38.6. The fourth-order valence-electron chi connectivity index (χ4n) is 1.20. The molecule has 0 saturated heterocycles. The molecule has 2 rings (SSSR count). The monoisotopic (exact) mass is 276 g/mol. The van der Waals surface area contributed by atoms with Crippen molar-refractivity contribution in [1.29, 1.82) is 0 Å². The van der Waals surface area contributed by atoms with Gasteiger partial charge in [0.15, 0.2) is 0 Å². The molecule has 0 fully saturated rings. The molecule has 90 valence electrons. The summed E-state index contributed by atoms with van der Waals surface area (Å²) in [6.45, 7) is 0. The second-order valence-electron chi connectivity index (χ2n) is 3.07. The predicted octanol–water partition coefficient (Wildman–Crippen LogP) is 1.92. The topological polar surface area (TPSA) is 69.2 Å². The SMILES string of the molecule is O=S(=O)(CF)Oc1nccc2ccc(Cl)nc12. The molecule has 0 aromatic carbocycles. The second kappa shape index (κ2) is 4.42. The molecule has 0 aliphatic heterocycles. The fraction of sp³-hybridized carbons (Fsp3) is 0.111. The summed E-state index contributed by atoms with van der Waals surface area (Å²) in [5.41, 5.74) is 0.164. The highest BCUT2D eigenvalue weighted by Crippen LogP contribution is 2.23. The van der Waals surface area contributed by atoms with E-state index in [0.717, 1.165) is 0 Å². The van der Waals surface area contributed by atoms with Gasteiger partial charge in [-0.2, -0.15) is 8.42 Å². The van der Waals surface area contributed by atoms with Crippen molar-refractivity contribution in [3.05, 3.63) is 29.5 Å². The van der Waals surface area contributed by atoms with Crippen LogP contribution in [-0.4, -0.2) is 24.4 Å². The molecule has 0 radical (unpaired) electrons. The van der Waals surface area contributed by atoms with Crippen LogP contribution >= 0.6 is 11.6 Å². The third-order valence-corrected chi connectivity index (χ3v) is 2.77. The van der Waals surface area contributed by atoms with Crippen LogP contribution < -0.4 is 4.18 Å². The lowest BCUT2D eigenvalue weighted by molar-refractivity contribution is 0.446. The van der Waals surface area contributed by atoms with Crippen LogP contribution in [0.1, 0.15) is 0 Å². The lowest BCUT2D eigenvalue weighted by Crippen LogP contribution is -2.12. The van der Waals surface area contributed by atoms with Gasteiger partial charge in [-0.1, -0.05) is 11.6 Å². The van der Waals surface area contributed by atoms with Gasteiger partial charge >= 0.3 is 10.1 Å². The van der Waals surface area contributed by atoms with Crippen molar-refractivity contribution in [2.24, 2.45) is 0 Å². The smallest absolute Gasteiger partial charge is 0.340 e. The van der Waals surface area contributed by atoms with Crippen LogP contribution in [0, 0.1) is 0 Å². The van der Waals surface area contributed by atoms with Crippen molar-refractivity contribution >= 4 is 32.6 Å². The maximum absolute atomic E-state index is 12.1.